The zero-order valence-corrected chi connectivity index (χ0v) is 38.4. The van der Waals surface area contributed by atoms with E-state index in [-0.39, 0.29) is 37.5 Å². The van der Waals surface area contributed by atoms with Gasteiger partial charge in [-0.2, -0.15) is 0 Å². The first-order valence-electron chi connectivity index (χ1n) is 24.0. The fourth-order valence-corrected chi connectivity index (χ4v) is 6.09. The number of allylic oxidation sites excluding steroid dienone is 18. The molecule has 0 fully saturated rings. The molecular weight excluding hydrogens is 745 g/mol. The van der Waals surface area contributed by atoms with Gasteiger partial charge in [-0.1, -0.05) is 201 Å². The van der Waals surface area contributed by atoms with Crippen molar-refractivity contribution in [2.45, 2.75) is 200 Å². The average Bonchev–Trinajstić information content (AvgIpc) is 3.24. The number of unbranched alkanes of at least 4 members (excludes halogenated alkanes) is 17. The molecule has 0 amide bonds. The molecule has 6 nitrogen and oxygen atoms in total. The first-order chi connectivity index (χ1) is 29.5. The molecule has 338 valence electrons. The number of hydrogen-bond donors (Lipinski definition) is 0. The van der Waals surface area contributed by atoms with Gasteiger partial charge in [0.25, 0.3) is 0 Å². The monoisotopic (exact) mass is 831 g/mol. The van der Waals surface area contributed by atoms with Crippen molar-refractivity contribution in [3.63, 3.8) is 0 Å². The first-order valence-corrected chi connectivity index (χ1v) is 24.0. The molecule has 0 rings (SSSR count). The van der Waals surface area contributed by atoms with Gasteiger partial charge in [0, 0.05) is 19.3 Å². The van der Waals surface area contributed by atoms with Gasteiger partial charge in [0.15, 0.2) is 6.10 Å². The van der Waals surface area contributed by atoms with Gasteiger partial charge in [-0.05, 0) is 83.5 Å². The van der Waals surface area contributed by atoms with E-state index < -0.39 is 6.10 Å². The summed E-state index contributed by atoms with van der Waals surface area (Å²) in [7, 11) is 0. The van der Waals surface area contributed by atoms with Gasteiger partial charge in [0.05, 0.1) is 0 Å². The van der Waals surface area contributed by atoms with E-state index in [1.807, 2.05) is 54.7 Å². The summed E-state index contributed by atoms with van der Waals surface area (Å²) in [5.74, 6) is -1.02. The second kappa shape index (κ2) is 47.7. The van der Waals surface area contributed by atoms with Gasteiger partial charge in [-0.3, -0.25) is 14.4 Å². The summed E-state index contributed by atoms with van der Waals surface area (Å²) >= 11 is 0. The smallest absolute Gasteiger partial charge is 0.306 e. The molecule has 0 aliphatic carbocycles. The van der Waals surface area contributed by atoms with Crippen molar-refractivity contribution >= 4 is 17.9 Å². The normalized spacial score (nSPS) is 13.1. The Morgan fingerprint density at radius 2 is 0.750 bits per heavy atom. The highest BCUT2D eigenvalue weighted by Crippen LogP contribution is 2.13. The molecule has 0 aliphatic heterocycles. The predicted octanol–water partition coefficient (Wildman–Crippen LogP) is 15.6. The minimum atomic E-state index is -0.816. The molecule has 0 heterocycles. The summed E-state index contributed by atoms with van der Waals surface area (Å²) in [6.45, 7) is 6.25. The van der Waals surface area contributed by atoms with Gasteiger partial charge >= 0.3 is 17.9 Å². The molecule has 0 aliphatic rings. The number of carbonyl (C=O) groups excluding carboxylic acids is 3. The van der Waals surface area contributed by atoms with Crippen LogP contribution in [0.25, 0.3) is 0 Å². The van der Waals surface area contributed by atoms with E-state index in [1.165, 1.54) is 64.2 Å². The fraction of sp³-hybridized carbons (Fsp3) is 0.611. The van der Waals surface area contributed by atoms with Crippen LogP contribution in [0.2, 0.25) is 0 Å². The van der Waals surface area contributed by atoms with Crippen LogP contribution < -0.4 is 0 Å². The minimum absolute atomic E-state index is 0.112. The number of hydrogen-bond acceptors (Lipinski definition) is 6. The molecule has 0 radical (unpaired) electrons. The van der Waals surface area contributed by atoms with Gasteiger partial charge < -0.3 is 14.2 Å². The zero-order valence-electron chi connectivity index (χ0n) is 38.4. The van der Waals surface area contributed by atoms with Crippen molar-refractivity contribution in [3.8, 4) is 0 Å². The lowest BCUT2D eigenvalue weighted by atomic mass is 10.1. The van der Waals surface area contributed by atoms with E-state index in [2.05, 4.69) is 75.5 Å². The largest absolute Gasteiger partial charge is 0.462 e. The molecular formula is C54H86O6. The number of carbonyl (C=O) groups is 3. The van der Waals surface area contributed by atoms with Crippen LogP contribution >= 0.6 is 0 Å². The Morgan fingerprint density at radius 1 is 0.367 bits per heavy atom. The van der Waals surface area contributed by atoms with E-state index in [1.54, 1.807) is 0 Å². The lowest BCUT2D eigenvalue weighted by Crippen LogP contribution is -2.30. The standard InChI is InChI=1S/C54H86O6/c1-4-7-10-13-16-19-22-25-27-30-32-35-38-41-44-47-53(56)59-50-51(49-58-52(55)46-43-40-37-34-31-28-24-21-18-15-12-9-6-3)60-54(57)48-45-42-39-36-33-29-26-23-20-17-14-11-8-5-2/h8-9,11-12,15-22,24-25,28,31,34,37,51H,4-7,10,13-14,23,26-27,29-30,32-33,35-36,38-50H2,1-3H3/b11-8-,12-9-,18-15-,19-16-,20-17-,24-21-,25-22-,31-28-,37-34-. The van der Waals surface area contributed by atoms with Crippen LogP contribution in [0.5, 0.6) is 0 Å². The topological polar surface area (TPSA) is 78.9 Å². The van der Waals surface area contributed by atoms with Gasteiger partial charge in [-0.15, -0.1) is 0 Å². The Balaban J connectivity index is 4.53. The molecule has 0 saturated carbocycles. The number of esters is 3. The number of rotatable bonds is 41. The lowest BCUT2D eigenvalue weighted by molar-refractivity contribution is -0.167. The molecule has 1 atom stereocenters. The van der Waals surface area contributed by atoms with Crippen molar-refractivity contribution < 1.29 is 28.6 Å². The van der Waals surface area contributed by atoms with Crippen molar-refractivity contribution in [3.05, 3.63) is 109 Å². The Bertz CT molecular complexity index is 1280. The molecule has 0 bridgehead atoms. The zero-order chi connectivity index (χ0) is 43.7. The van der Waals surface area contributed by atoms with Crippen LogP contribution in [0.1, 0.15) is 194 Å². The maximum absolute atomic E-state index is 12.8. The highest BCUT2D eigenvalue weighted by molar-refractivity contribution is 5.71. The van der Waals surface area contributed by atoms with Crippen LogP contribution in [0.4, 0.5) is 0 Å². The molecule has 0 aromatic carbocycles. The van der Waals surface area contributed by atoms with E-state index in [9.17, 15) is 14.4 Å². The van der Waals surface area contributed by atoms with Crippen LogP contribution in [0, 0.1) is 0 Å². The first kappa shape index (κ1) is 56.1. The van der Waals surface area contributed by atoms with Crippen LogP contribution in [-0.2, 0) is 28.6 Å². The van der Waals surface area contributed by atoms with Crippen LogP contribution in [-0.4, -0.2) is 37.2 Å². The van der Waals surface area contributed by atoms with Crippen molar-refractivity contribution in [1.29, 1.82) is 0 Å². The SMILES string of the molecule is CC\C=C/C=C\C=C/C=C\C=C/CCCC(=O)OCC(COC(=O)CCCCCCCC/C=C\C=C/CCCCC)OC(=O)CCCCCCCCC/C=C\C/C=C\CC. The third-order valence-corrected chi connectivity index (χ3v) is 9.65. The van der Waals surface area contributed by atoms with Gasteiger partial charge in [0.1, 0.15) is 13.2 Å². The summed E-state index contributed by atoms with van der Waals surface area (Å²) in [6, 6.07) is 0. The molecule has 0 saturated heterocycles. The van der Waals surface area contributed by atoms with Crippen LogP contribution in [0.3, 0.4) is 0 Å². The molecule has 0 N–H and O–H groups in total. The quantitative estimate of drug-likeness (QED) is 0.0201. The summed E-state index contributed by atoms with van der Waals surface area (Å²) < 4.78 is 16.7. The van der Waals surface area contributed by atoms with Gasteiger partial charge in [0.2, 0.25) is 0 Å². The third kappa shape index (κ3) is 45.2. The molecule has 1 unspecified atom stereocenters. The van der Waals surface area contributed by atoms with Crippen molar-refractivity contribution in [2.75, 3.05) is 13.2 Å². The summed E-state index contributed by atoms with van der Waals surface area (Å²) in [5.41, 5.74) is 0. The number of ether oxygens (including phenoxy) is 3. The maximum Gasteiger partial charge on any atom is 0.306 e. The van der Waals surface area contributed by atoms with Crippen LogP contribution in [0.15, 0.2) is 109 Å². The summed E-state index contributed by atoms with van der Waals surface area (Å²) in [5, 5.41) is 0. The average molecular weight is 831 g/mol. The van der Waals surface area contributed by atoms with E-state index >= 15 is 0 Å². The van der Waals surface area contributed by atoms with Crippen molar-refractivity contribution in [2.24, 2.45) is 0 Å². The highest BCUT2D eigenvalue weighted by atomic mass is 16.6. The Morgan fingerprint density at radius 3 is 1.28 bits per heavy atom. The van der Waals surface area contributed by atoms with E-state index in [0.717, 1.165) is 83.5 Å². The molecule has 6 heteroatoms. The van der Waals surface area contributed by atoms with Gasteiger partial charge in [-0.25, -0.2) is 0 Å². The van der Waals surface area contributed by atoms with E-state index in [4.69, 9.17) is 14.2 Å². The Kier molecular flexibility index (Phi) is 44.6. The summed E-state index contributed by atoms with van der Waals surface area (Å²) in [6.07, 6.45) is 63.6. The maximum atomic E-state index is 12.8. The van der Waals surface area contributed by atoms with E-state index in [0.29, 0.717) is 19.3 Å². The second-order valence-electron chi connectivity index (χ2n) is 15.4. The highest BCUT2D eigenvalue weighted by Gasteiger charge is 2.19. The minimum Gasteiger partial charge on any atom is -0.462 e. The molecule has 0 aromatic heterocycles. The fourth-order valence-electron chi connectivity index (χ4n) is 6.09. The van der Waals surface area contributed by atoms with Crippen molar-refractivity contribution in [1.82, 2.24) is 0 Å². The summed E-state index contributed by atoms with van der Waals surface area (Å²) in [4.78, 5) is 37.8. The third-order valence-electron chi connectivity index (χ3n) is 9.65. The lowest BCUT2D eigenvalue weighted by Gasteiger charge is -2.18. The molecule has 0 aromatic rings. The molecule has 60 heavy (non-hydrogen) atoms. The molecule has 0 spiro atoms. The Labute approximate surface area is 368 Å². The predicted molar refractivity (Wildman–Crippen MR) is 256 cm³/mol. The Hall–Kier alpha value is -3.93. The second-order valence-corrected chi connectivity index (χ2v) is 15.4.